The molecule has 14 nitrogen and oxygen atoms in total. The highest BCUT2D eigenvalue weighted by molar-refractivity contribution is 8.14. The van der Waals surface area contributed by atoms with Crippen LogP contribution in [0.1, 0.15) is 47.8 Å². The highest BCUT2D eigenvalue weighted by atomic mass is 32.2. The summed E-state index contributed by atoms with van der Waals surface area (Å²) in [4.78, 5) is 43.4. The van der Waals surface area contributed by atoms with Crippen LogP contribution in [0, 0.1) is 10.8 Å². The Morgan fingerprint density at radius 1 is 1.09 bits per heavy atom. The molecule has 1 aliphatic heterocycles. The van der Waals surface area contributed by atoms with Gasteiger partial charge in [0.05, 0.1) is 25.2 Å². The van der Waals surface area contributed by atoms with Crippen LogP contribution in [-0.2, 0) is 37.2 Å². The smallest absolute Gasteiger partial charge is 0.387 e. The van der Waals surface area contributed by atoms with Gasteiger partial charge in [-0.15, -0.1) is 0 Å². The second-order valence-electron chi connectivity index (χ2n) is 11.8. The van der Waals surface area contributed by atoms with E-state index in [2.05, 4.69) is 9.97 Å². The highest BCUT2D eigenvalue weighted by Crippen LogP contribution is 2.50. The Hall–Kier alpha value is -1.75. The largest absolute Gasteiger partial charge is 0.474 e. The zero-order valence-electron chi connectivity index (χ0n) is 25.4. The number of nitrogens with one attached hydrogen (secondary N) is 1. The van der Waals surface area contributed by atoms with Crippen LogP contribution in [0.2, 0.25) is 0 Å². The van der Waals surface area contributed by atoms with Crippen molar-refractivity contribution in [3.8, 4) is 0 Å². The number of ether oxygens (including phenoxy) is 2. The molecule has 17 heteroatoms. The Balaban J connectivity index is 1.70. The summed E-state index contributed by atoms with van der Waals surface area (Å²) in [6, 6.07) is 1.54. The first-order valence-corrected chi connectivity index (χ1v) is 17.0. The monoisotopic (exact) mass is 664 g/mol. The van der Waals surface area contributed by atoms with Crippen molar-refractivity contribution in [3.63, 3.8) is 0 Å². The summed E-state index contributed by atoms with van der Waals surface area (Å²) in [5.41, 5.74) is 4.41. The molecule has 43 heavy (non-hydrogen) atoms. The molecule has 1 saturated heterocycles. The molecule has 0 bridgehead atoms. The molecule has 242 valence electrons. The SMILES string of the molecule is CO[C@H]1C(n2ccc3c(=O)[nH]c(N)nc32)O[C@H](COP(=O)(OCCSC(=O)C(C)(C)C)OCCSC(=O)C(C)(C)C)[C@H]1O. The van der Waals surface area contributed by atoms with Crippen LogP contribution in [-0.4, -0.2) is 86.6 Å². The molecular formula is C26H41N4O10PS2. The Labute approximate surface area is 258 Å². The first kappa shape index (κ1) is 35.7. The molecule has 3 heterocycles. The van der Waals surface area contributed by atoms with E-state index in [4.69, 9.17) is 28.8 Å². The van der Waals surface area contributed by atoms with Crippen molar-refractivity contribution in [3.05, 3.63) is 22.6 Å². The Morgan fingerprint density at radius 3 is 2.16 bits per heavy atom. The molecule has 2 aromatic heterocycles. The van der Waals surface area contributed by atoms with Gasteiger partial charge in [0.25, 0.3) is 5.56 Å². The molecule has 0 aromatic carbocycles. The number of aromatic amines is 1. The van der Waals surface area contributed by atoms with Gasteiger partial charge < -0.3 is 24.9 Å². The maximum atomic E-state index is 13.6. The minimum absolute atomic E-state index is 0.0558. The zero-order valence-corrected chi connectivity index (χ0v) is 27.9. The number of hydrogen-bond acceptors (Lipinski definition) is 14. The lowest BCUT2D eigenvalue weighted by Crippen LogP contribution is -2.35. The number of thioether (sulfide) groups is 2. The number of anilines is 1. The third-order valence-electron chi connectivity index (χ3n) is 6.21. The molecule has 2 aromatic rings. The van der Waals surface area contributed by atoms with E-state index >= 15 is 0 Å². The van der Waals surface area contributed by atoms with Crippen molar-refractivity contribution in [2.24, 2.45) is 10.8 Å². The first-order chi connectivity index (χ1) is 20.0. The van der Waals surface area contributed by atoms with Crippen LogP contribution in [0.25, 0.3) is 11.0 Å². The third-order valence-corrected chi connectivity index (χ3v) is 10.2. The van der Waals surface area contributed by atoms with Gasteiger partial charge in [-0.1, -0.05) is 65.1 Å². The number of nitrogen functional groups attached to an aromatic ring is 1. The second-order valence-corrected chi connectivity index (χ2v) is 15.7. The lowest BCUT2D eigenvalue weighted by molar-refractivity contribution is -0.118. The van der Waals surface area contributed by atoms with E-state index in [1.807, 2.05) is 0 Å². The number of phosphoric acid groups is 1. The molecule has 4 atom stereocenters. The lowest BCUT2D eigenvalue weighted by atomic mass is 9.99. The van der Waals surface area contributed by atoms with Crippen molar-refractivity contribution >= 4 is 58.6 Å². The standard InChI is InChI=1S/C26H41N4O10PS2/c1-25(2,3)22(33)42-12-10-37-41(35,38-11-13-43-23(34)26(4,5)6)39-14-16-17(31)18(36-7)21(40-16)30-9-8-15-19(30)28-24(27)29-20(15)32/h8-9,16-18,21,31H,10-14H2,1-7H3,(H3,27,28,29,32)/t16-,17-,18-,21?/m1/s1. The summed E-state index contributed by atoms with van der Waals surface area (Å²) >= 11 is 2.08. The normalized spacial score (nSPS) is 21.5. The van der Waals surface area contributed by atoms with E-state index in [1.54, 1.807) is 47.7 Å². The number of aliphatic hydroxyl groups excluding tert-OH is 1. The van der Waals surface area contributed by atoms with Gasteiger partial charge in [-0.05, 0) is 6.07 Å². The number of phosphoric ester groups is 1. The van der Waals surface area contributed by atoms with E-state index in [0.29, 0.717) is 0 Å². The van der Waals surface area contributed by atoms with Crippen LogP contribution >= 0.6 is 31.3 Å². The number of H-pyrrole nitrogens is 1. The van der Waals surface area contributed by atoms with E-state index in [1.165, 1.54) is 17.7 Å². The minimum Gasteiger partial charge on any atom is -0.387 e. The average molecular weight is 665 g/mol. The summed E-state index contributed by atoms with van der Waals surface area (Å²) in [6.45, 7) is 10.1. The fraction of sp³-hybridized carbons (Fsp3) is 0.692. The molecule has 1 fully saturated rings. The van der Waals surface area contributed by atoms with Gasteiger partial charge in [0.2, 0.25) is 5.95 Å². The number of nitrogens with zero attached hydrogens (tertiary/aromatic N) is 2. The predicted molar refractivity (Wildman–Crippen MR) is 165 cm³/mol. The van der Waals surface area contributed by atoms with Crippen LogP contribution in [0.4, 0.5) is 5.95 Å². The van der Waals surface area contributed by atoms with Gasteiger partial charge >= 0.3 is 7.82 Å². The van der Waals surface area contributed by atoms with Crippen LogP contribution in [0.3, 0.4) is 0 Å². The lowest BCUT2D eigenvalue weighted by Gasteiger charge is -2.22. The van der Waals surface area contributed by atoms with Gasteiger partial charge in [-0.3, -0.25) is 32.9 Å². The number of carbonyl (C=O) groups excluding carboxylic acids is 2. The summed E-state index contributed by atoms with van der Waals surface area (Å²) in [5.74, 6) is 0.317. The highest BCUT2D eigenvalue weighted by Gasteiger charge is 2.47. The molecule has 3 rings (SSSR count). The quantitative estimate of drug-likeness (QED) is 0.208. The summed E-state index contributed by atoms with van der Waals surface area (Å²) in [5, 5.41) is 11.1. The Kier molecular flexibility index (Phi) is 12.1. The van der Waals surface area contributed by atoms with E-state index in [9.17, 15) is 24.1 Å². The van der Waals surface area contributed by atoms with Gasteiger partial charge in [-0.2, -0.15) is 4.98 Å². The maximum absolute atomic E-state index is 13.6. The molecule has 0 saturated carbocycles. The second kappa shape index (κ2) is 14.6. The van der Waals surface area contributed by atoms with E-state index < -0.39 is 55.4 Å². The number of nitrogens with two attached hydrogens (primary N) is 1. The maximum Gasteiger partial charge on any atom is 0.474 e. The molecule has 4 N–H and O–H groups in total. The molecule has 0 spiro atoms. The molecule has 0 radical (unpaired) electrons. The predicted octanol–water partition coefficient (Wildman–Crippen LogP) is 3.35. The first-order valence-electron chi connectivity index (χ1n) is 13.6. The van der Waals surface area contributed by atoms with Crippen molar-refractivity contribution in [1.29, 1.82) is 0 Å². The van der Waals surface area contributed by atoms with Crippen LogP contribution in [0.5, 0.6) is 0 Å². The average Bonchev–Trinajstić information content (AvgIpc) is 3.47. The van der Waals surface area contributed by atoms with Gasteiger partial charge in [0.15, 0.2) is 22.1 Å². The van der Waals surface area contributed by atoms with Crippen molar-refractivity contribution in [1.82, 2.24) is 14.5 Å². The van der Waals surface area contributed by atoms with Gasteiger partial charge in [-0.25, -0.2) is 4.57 Å². The molecule has 1 aliphatic rings. The summed E-state index contributed by atoms with van der Waals surface area (Å²) in [7, 11) is -2.84. The number of rotatable bonds is 13. The van der Waals surface area contributed by atoms with Crippen molar-refractivity contribution < 1.29 is 42.3 Å². The fourth-order valence-electron chi connectivity index (χ4n) is 3.88. The number of aliphatic hydroxyl groups is 1. The molecule has 1 unspecified atom stereocenters. The number of fused-ring (bicyclic) bond motifs is 1. The van der Waals surface area contributed by atoms with Crippen LogP contribution in [0.15, 0.2) is 17.1 Å². The number of hydrogen-bond donors (Lipinski definition) is 3. The van der Waals surface area contributed by atoms with Gasteiger partial charge in [0.1, 0.15) is 18.3 Å². The van der Waals surface area contributed by atoms with Crippen molar-refractivity contribution in [2.75, 3.05) is 44.2 Å². The third kappa shape index (κ3) is 9.38. The molecule has 0 amide bonds. The number of carbonyl (C=O) groups is 2. The van der Waals surface area contributed by atoms with Crippen LogP contribution < -0.4 is 11.3 Å². The summed E-state index contributed by atoms with van der Waals surface area (Å²) in [6.07, 6.45) is -2.56. The number of aromatic nitrogens is 3. The Morgan fingerprint density at radius 2 is 1.65 bits per heavy atom. The van der Waals surface area contributed by atoms with E-state index in [-0.39, 0.29) is 51.9 Å². The minimum atomic E-state index is -4.22. The topological polar surface area (TPSA) is 194 Å². The molecular weight excluding hydrogens is 623 g/mol. The Bertz CT molecular complexity index is 1350. The molecule has 0 aliphatic carbocycles. The fourth-order valence-corrected chi connectivity index (χ4v) is 6.88. The van der Waals surface area contributed by atoms with Crippen molar-refractivity contribution in [2.45, 2.75) is 66.1 Å². The summed E-state index contributed by atoms with van der Waals surface area (Å²) < 4.78 is 43.2. The van der Waals surface area contributed by atoms with Gasteiger partial charge in [0, 0.05) is 35.6 Å². The van der Waals surface area contributed by atoms with E-state index in [0.717, 1.165) is 23.5 Å². The zero-order chi connectivity index (χ0) is 32.2. The number of methoxy groups -OCH3 is 1.